The SMILES string of the molecule is O=C(NCCC(O)C(=O)O)c1c[nH]c(=O)cn1. The monoisotopic (exact) mass is 241 g/mol. The Balaban J connectivity index is 2.43. The number of aromatic amines is 1. The highest BCUT2D eigenvalue weighted by Gasteiger charge is 2.13. The number of rotatable bonds is 5. The van der Waals surface area contributed by atoms with E-state index in [1.54, 1.807) is 0 Å². The third-order valence-corrected chi connectivity index (χ3v) is 1.89. The number of hydrogen-bond donors (Lipinski definition) is 4. The van der Waals surface area contributed by atoms with E-state index in [4.69, 9.17) is 10.2 Å². The molecule has 1 aromatic heterocycles. The van der Waals surface area contributed by atoms with E-state index in [-0.39, 0.29) is 18.7 Å². The van der Waals surface area contributed by atoms with Crippen molar-refractivity contribution in [2.75, 3.05) is 6.54 Å². The number of carboxylic acids is 1. The van der Waals surface area contributed by atoms with Gasteiger partial charge in [0.05, 0.1) is 6.20 Å². The predicted molar refractivity (Wildman–Crippen MR) is 55.5 cm³/mol. The number of aliphatic carboxylic acids is 1. The van der Waals surface area contributed by atoms with Crippen LogP contribution in [-0.2, 0) is 4.79 Å². The molecular formula is C9H11N3O5. The van der Waals surface area contributed by atoms with E-state index in [0.717, 1.165) is 12.4 Å². The number of aliphatic hydroxyl groups is 1. The molecule has 0 aliphatic rings. The summed E-state index contributed by atoms with van der Waals surface area (Å²) in [6.45, 7) is -0.00684. The Morgan fingerprint density at radius 3 is 2.76 bits per heavy atom. The van der Waals surface area contributed by atoms with Crippen LogP contribution in [0.3, 0.4) is 0 Å². The summed E-state index contributed by atoms with van der Waals surface area (Å²) in [6, 6.07) is 0. The minimum absolute atomic E-state index is 0.00684. The standard InChI is InChI=1S/C9H11N3O5/c13-6(9(16)17)1-2-10-8(15)5-3-12-7(14)4-11-5/h3-4,6,13H,1-2H2,(H,10,15)(H,12,14)(H,16,17). The molecular weight excluding hydrogens is 230 g/mol. The smallest absolute Gasteiger partial charge is 0.332 e. The molecule has 0 aliphatic carbocycles. The molecule has 8 nitrogen and oxygen atoms in total. The van der Waals surface area contributed by atoms with Crippen molar-refractivity contribution in [2.45, 2.75) is 12.5 Å². The molecule has 1 rings (SSSR count). The van der Waals surface area contributed by atoms with E-state index in [2.05, 4.69) is 15.3 Å². The molecule has 0 saturated heterocycles. The van der Waals surface area contributed by atoms with E-state index in [1.165, 1.54) is 0 Å². The average Bonchev–Trinajstić information content (AvgIpc) is 2.29. The summed E-state index contributed by atoms with van der Waals surface area (Å²) in [5, 5.41) is 19.7. The van der Waals surface area contributed by atoms with Crippen molar-refractivity contribution in [1.29, 1.82) is 0 Å². The number of aliphatic hydroxyl groups excluding tert-OH is 1. The molecule has 92 valence electrons. The van der Waals surface area contributed by atoms with Gasteiger partial charge in [-0.15, -0.1) is 0 Å². The van der Waals surface area contributed by atoms with E-state index in [0.29, 0.717) is 0 Å². The summed E-state index contributed by atoms with van der Waals surface area (Å²) in [7, 11) is 0. The van der Waals surface area contributed by atoms with Gasteiger partial charge in [0.25, 0.3) is 11.5 Å². The number of nitrogens with zero attached hydrogens (tertiary/aromatic N) is 1. The van der Waals surface area contributed by atoms with Gasteiger partial charge in [-0.25, -0.2) is 9.78 Å². The Hall–Kier alpha value is -2.22. The zero-order valence-electron chi connectivity index (χ0n) is 8.71. The number of amides is 1. The average molecular weight is 241 g/mol. The van der Waals surface area contributed by atoms with Crippen molar-refractivity contribution in [2.24, 2.45) is 0 Å². The van der Waals surface area contributed by atoms with E-state index >= 15 is 0 Å². The molecule has 1 aromatic rings. The molecule has 0 radical (unpaired) electrons. The maximum atomic E-state index is 11.4. The van der Waals surface area contributed by atoms with Crippen molar-refractivity contribution >= 4 is 11.9 Å². The fourth-order valence-corrected chi connectivity index (χ4v) is 1.00. The van der Waals surface area contributed by atoms with E-state index < -0.39 is 23.5 Å². The van der Waals surface area contributed by atoms with E-state index in [9.17, 15) is 14.4 Å². The fourth-order valence-electron chi connectivity index (χ4n) is 1.00. The number of aromatic nitrogens is 2. The molecule has 4 N–H and O–H groups in total. The lowest BCUT2D eigenvalue weighted by Gasteiger charge is -2.06. The number of H-pyrrole nitrogens is 1. The quantitative estimate of drug-likeness (QED) is 0.487. The number of nitrogens with one attached hydrogen (secondary N) is 2. The van der Waals surface area contributed by atoms with Crippen molar-refractivity contribution in [1.82, 2.24) is 15.3 Å². The number of carbonyl (C=O) groups excluding carboxylic acids is 1. The molecule has 1 amide bonds. The highest BCUT2D eigenvalue weighted by Crippen LogP contribution is 1.92. The summed E-state index contributed by atoms with van der Waals surface area (Å²) in [4.78, 5) is 38.2. The highest BCUT2D eigenvalue weighted by atomic mass is 16.4. The molecule has 8 heteroatoms. The largest absolute Gasteiger partial charge is 0.479 e. The highest BCUT2D eigenvalue weighted by molar-refractivity contribution is 5.91. The number of carbonyl (C=O) groups is 2. The van der Waals surface area contributed by atoms with Crippen LogP contribution < -0.4 is 10.9 Å². The summed E-state index contributed by atoms with van der Waals surface area (Å²) >= 11 is 0. The fraction of sp³-hybridized carbons (Fsp3) is 0.333. The van der Waals surface area contributed by atoms with Crippen LogP contribution in [0.1, 0.15) is 16.9 Å². The zero-order chi connectivity index (χ0) is 12.8. The van der Waals surface area contributed by atoms with Crippen LogP contribution in [0, 0.1) is 0 Å². The second kappa shape index (κ2) is 5.75. The maximum Gasteiger partial charge on any atom is 0.332 e. The van der Waals surface area contributed by atoms with Crippen molar-refractivity contribution in [3.63, 3.8) is 0 Å². The minimum Gasteiger partial charge on any atom is -0.479 e. The molecule has 0 spiro atoms. The van der Waals surface area contributed by atoms with Gasteiger partial charge in [0, 0.05) is 19.2 Å². The molecule has 0 fully saturated rings. The summed E-state index contributed by atoms with van der Waals surface area (Å²) in [5.74, 6) is -1.90. The molecule has 0 saturated carbocycles. The van der Waals surface area contributed by atoms with Crippen LogP contribution in [0.15, 0.2) is 17.2 Å². The van der Waals surface area contributed by atoms with Gasteiger partial charge in [-0.2, -0.15) is 0 Å². The van der Waals surface area contributed by atoms with Gasteiger partial charge in [0.1, 0.15) is 5.69 Å². The molecule has 0 aromatic carbocycles. The van der Waals surface area contributed by atoms with Crippen molar-refractivity contribution in [3.05, 3.63) is 28.4 Å². The first-order chi connectivity index (χ1) is 8.00. The summed E-state index contributed by atoms with van der Waals surface area (Å²) in [5.41, 5.74) is -0.419. The second-order valence-electron chi connectivity index (χ2n) is 3.19. The lowest BCUT2D eigenvalue weighted by atomic mass is 10.2. The third-order valence-electron chi connectivity index (χ3n) is 1.89. The van der Waals surface area contributed by atoms with Crippen molar-refractivity contribution < 1.29 is 19.8 Å². The van der Waals surface area contributed by atoms with Gasteiger partial charge in [-0.1, -0.05) is 0 Å². The first kappa shape index (κ1) is 12.8. The van der Waals surface area contributed by atoms with Crippen LogP contribution in [0.4, 0.5) is 0 Å². The van der Waals surface area contributed by atoms with Crippen molar-refractivity contribution in [3.8, 4) is 0 Å². The minimum atomic E-state index is -1.51. The van der Waals surface area contributed by atoms with Gasteiger partial charge >= 0.3 is 5.97 Å². The lowest BCUT2D eigenvalue weighted by molar-refractivity contribution is -0.146. The lowest BCUT2D eigenvalue weighted by Crippen LogP contribution is -2.30. The second-order valence-corrected chi connectivity index (χ2v) is 3.19. The Bertz CT molecular complexity index is 449. The van der Waals surface area contributed by atoms with Gasteiger partial charge in [0.2, 0.25) is 0 Å². The van der Waals surface area contributed by atoms with Gasteiger partial charge in [0.15, 0.2) is 6.10 Å². The number of carboxylic acid groups (broad SMARTS) is 1. The van der Waals surface area contributed by atoms with Crippen LogP contribution >= 0.6 is 0 Å². The molecule has 1 unspecified atom stereocenters. The molecule has 1 atom stereocenters. The van der Waals surface area contributed by atoms with Crippen LogP contribution in [-0.4, -0.2) is 44.7 Å². The first-order valence-electron chi connectivity index (χ1n) is 4.74. The predicted octanol–water partition coefficient (Wildman–Crippen LogP) is -1.66. The Morgan fingerprint density at radius 2 is 2.24 bits per heavy atom. The molecule has 1 heterocycles. The summed E-state index contributed by atoms with van der Waals surface area (Å²) in [6.07, 6.45) is 0.482. The van der Waals surface area contributed by atoms with Gasteiger partial charge < -0.3 is 20.5 Å². The topological polar surface area (TPSA) is 132 Å². The molecule has 17 heavy (non-hydrogen) atoms. The van der Waals surface area contributed by atoms with E-state index in [1.807, 2.05) is 0 Å². The normalized spacial score (nSPS) is 11.8. The Labute approximate surface area is 95.3 Å². The molecule has 0 bridgehead atoms. The van der Waals surface area contributed by atoms with Gasteiger partial charge in [-0.05, 0) is 0 Å². The van der Waals surface area contributed by atoms with Crippen LogP contribution in [0.2, 0.25) is 0 Å². The van der Waals surface area contributed by atoms with Crippen LogP contribution in [0.25, 0.3) is 0 Å². The third kappa shape index (κ3) is 4.03. The Kier molecular flexibility index (Phi) is 4.35. The summed E-state index contributed by atoms with van der Waals surface area (Å²) < 4.78 is 0. The first-order valence-corrected chi connectivity index (χ1v) is 4.74. The Morgan fingerprint density at radius 1 is 1.53 bits per heavy atom. The maximum absolute atomic E-state index is 11.4. The molecule has 0 aliphatic heterocycles. The van der Waals surface area contributed by atoms with Gasteiger partial charge in [-0.3, -0.25) is 9.59 Å². The van der Waals surface area contributed by atoms with Crippen LogP contribution in [0.5, 0.6) is 0 Å². The zero-order valence-corrected chi connectivity index (χ0v) is 8.71. The number of hydrogen-bond acceptors (Lipinski definition) is 5.